The molecule has 0 fully saturated rings. The van der Waals surface area contributed by atoms with Gasteiger partial charge in [0.2, 0.25) is 11.8 Å². The summed E-state index contributed by atoms with van der Waals surface area (Å²) < 4.78 is 42.6. The van der Waals surface area contributed by atoms with Crippen LogP contribution in [0.1, 0.15) is 17.3 Å². The number of nitrogens with one attached hydrogen (secondary N) is 1. The molecule has 24 heavy (non-hydrogen) atoms. The number of halogens is 3. The molecule has 1 aromatic heterocycles. The minimum atomic E-state index is -4.51. The van der Waals surface area contributed by atoms with Crippen LogP contribution in [-0.4, -0.2) is 35.2 Å². The van der Waals surface area contributed by atoms with Crippen LogP contribution in [-0.2, 0) is 0 Å². The van der Waals surface area contributed by atoms with Gasteiger partial charge in [-0.1, -0.05) is 12.1 Å². The van der Waals surface area contributed by atoms with Gasteiger partial charge in [-0.25, -0.2) is 4.98 Å². The molecule has 2 aromatic rings. The van der Waals surface area contributed by atoms with E-state index in [0.29, 0.717) is 11.3 Å². The molecule has 0 saturated carbocycles. The van der Waals surface area contributed by atoms with Crippen molar-refractivity contribution >= 4 is 11.9 Å². The Morgan fingerprint density at radius 3 is 2.62 bits per heavy atom. The predicted octanol–water partition coefficient (Wildman–Crippen LogP) is 2.41. The molecule has 1 heterocycles. The van der Waals surface area contributed by atoms with Gasteiger partial charge in [-0.2, -0.15) is 18.2 Å². The van der Waals surface area contributed by atoms with E-state index in [4.69, 9.17) is 10.5 Å². The molecule has 1 amide bonds. The van der Waals surface area contributed by atoms with Crippen LogP contribution in [0, 0.1) is 0 Å². The zero-order chi connectivity index (χ0) is 17.9. The molecule has 1 aromatic carbocycles. The summed E-state index contributed by atoms with van der Waals surface area (Å²) in [6.45, 7) is 0.873. The number of nitrogens with two attached hydrogens (primary N) is 1. The number of hydrogen-bond donors (Lipinski definition) is 2. The molecule has 0 aliphatic heterocycles. The third-order valence-electron chi connectivity index (χ3n) is 3.19. The van der Waals surface area contributed by atoms with Crippen LogP contribution < -0.4 is 15.8 Å². The van der Waals surface area contributed by atoms with Gasteiger partial charge in [-0.05, 0) is 19.1 Å². The first-order valence-electron chi connectivity index (χ1n) is 6.87. The van der Waals surface area contributed by atoms with Crippen LogP contribution in [0.3, 0.4) is 0 Å². The lowest BCUT2D eigenvalue weighted by Crippen LogP contribution is -2.43. The zero-order valence-corrected chi connectivity index (χ0v) is 12.9. The monoisotopic (exact) mass is 340 g/mol. The van der Waals surface area contributed by atoms with E-state index in [-0.39, 0.29) is 17.4 Å². The standard InChI is InChI=1S/C15H15F3N4O2/c1-8(15(16,17)18)20-13(23)10-5-3-4-9(6-10)11-7-12(24-2)22-14(19)21-11/h3-8H,1-2H3,(H,20,23)(H2,19,21,22). The molecule has 0 radical (unpaired) electrons. The molecule has 6 nitrogen and oxygen atoms in total. The summed E-state index contributed by atoms with van der Waals surface area (Å²) in [5.41, 5.74) is 6.53. The fourth-order valence-electron chi connectivity index (χ4n) is 1.88. The fourth-order valence-corrected chi connectivity index (χ4v) is 1.88. The van der Waals surface area contributed by atoms with Gasteiger partial charge in [0.1, 0.15) is 6.04 Å². The summed E-state index contributed by atoms with van der Waals surface area (Å²) in [6, 6.07) is 5.55. The molecular weight excluding hydrogens is 325 g/mol. The Hall–Kier alpha value is -2.84. The number of carbonyl (C=O) groups excluding carboxylic acids is 1. The van der Waals surface area contributed by atoms with E-state index in [1.165, 1.54) is 31.4 Å². The van der Waals surface area contributed by atoms with Crippen LogP contribution >= 0.6 is 0 Å². The van der Waals surface area contributed by atoms with Crippen LogP contribution in [0.25, 0.3) is 11.3 Å². The highest BCUT2D eigenvalue weighted by Gasteiger charge is 2.37. The van der Waals surface area contributed by atoms with Gasteiger partial charge < -0.3 is 15.8 Å². The number of carbonyl (C=O) groups is 1. The minimum absolute atomic E-state index is 0.0232. The van der Waals surface area contributed by atoms with Gasteiger partial charge in [0.05, 0.1) is 12.8 Å². The zero-order valence-electron chi connectivity index (χ0n) is 12.9. The van der Waals surface area contributed by atoms with Gasteiger partial charge >= 0.3 is 6.18 Å². The number of alkyl halides is 3. The van der Waals surface area contributed by atoms with Gasteiger partial charge in [-0.15, -0.1) is 0 Å². The van der Waals surface area contributed by atoms with Gasteiger partial charge in [0.25, 0.3) is 5.91 Å². The molecule has 0 saturated heterocycles. The summed E-state index contributed by atoms with van der Waals surface area (Å²) in [5.74, 6) is -0.626. The maximum Gasteiger partial charge on any atom is 0.408 e. The number of amides is 1. The van der Waals surface area contributed by atoms with Gasteiger partial charge in [0.15, 0.2) is 0 Å². The normalized spacial score (nSPS) is 12.5. The Morgan fingerprint density at radius 1 is 1.29 bits per heavy atom. The molecular formula is C15H15F3N4O2. The molecule has 9 heteroatoms. The molecule has 3 N–H and O–H groups in total. The number of rotatable bonds is 4. The maximum atomic E-state index is 12.5. The summed E-state index contributed by atoms with van der Waals surface area (Å²) in [6.07, 6.45) is -4.51. The SMILES string of the molecule is COc1cc(-c2cccc(C(=O)NC(C)C(F)(F)F)c2)nc(N)n1. The van der Waals surface area contributed by atoms with Crippen molar-refractivity contribution in [2.45, 2.75) is 19.1 Å². The second-order valence-electron chi connectivity index (χ2n) is 4.97. The van der Waals surface area contributed by atoms with E-state index >= 15 is 0 Å². The molecule has 1 unspecified atom stereocenters. The number of ether oxygens (including phenoxy) is 1. The van der Waals surface area contributed by atoms with Crippen LogP contribution in [0.2, 0.25) is 0 Å². The van der Waals surface area contributed by atoms with Crippen molar-refractivity contribution in [3.63, 3.8) is 0 Å². The first-order valence-corrected chi connectivity index (χ1v) is 6.87. The van der Waals surface area contributed by atoms with Gasteiger partial charge in [-0.3, -0.25) is 4.79 Å². The molecule has 0 spiro atoms. The quantitative estimate of drug-likeness (QED) is 0.892. The van der Waals surface area contributed by atoms with E-state index in [9.17, 15) is 18.0 Å². The maximum absolute atomic E-state index is 12.5. The molecule has 0 aliphatic carbocycles. The first kappa shape index (κ1) is 17.5. The Kier molecular flexibility index (Phi) is 4.91. The largest absolute Gasteiger partial charge is 0.481 e. The number of nitrogens with zero attached hydrogens (tertiary/aromatic N) is 2. The van der Waals surface area contributed by atoms with Crippen molar-refractivity contribution in [2.75, 3.05) is 12.8 Å². The topological polar surface area (TPSA) is 90.1 Å². The average Bonchev–Trinajstić information content (AvgIpc) is 2.53. The van der Waals surface area contributed by atoms with Crippen LogP contribution in [0.5, 0.6) is 5.88 Å². The fraction of sp³-hybridized carbons (Fsp3) is 0.267. The van der Waals surface area contributed by atoms with Crippen molar-refractivity contribution in [3.8, 4) is 17.1 Å². The molecule has 1 atom stereocenters. The first-order chi connectivity index (χ1) is 11.2. The summed E-state index contributed by atoms with van der Waals surface area (Å²) in [5, 5.41) is 1.90. The summed E-state index contributed by atoms with van der Waals surface area (Å²) in [4.78, 5) is 19.9. The van der Waals surface area contributed by atoms with E-state index < -0.39 is 18.1 Å². The molecule has 2 rings (SSSR count). The highest BCUT2D eigenvalue weighted by Crippen LogP contribution is 2.23. The van der Waals surface area contributed by atoms with E-state index in [1.54, 1.807) is 6.07 Å². The van der Waals surface area contributed by atoms with Crippen molar-refractivity contribution in [2.24, 2.45) is 0 Å². The average molecular weight is 340 g/mol. The lowest BCUT2D eigenvalue weighted by atomic mass is 10.1. The minimum Gasteiger partial charge on any atom is -0.481 e. The van der Waals surface area contributed by atoms with Crippen molar-refractivity contribution < 1.29 is 22.7 Å². The Balaban J connectivity index is 2.29. The number of hydrogen-bond acceptors (Lipinski definition) is 5. The van der Waals surface area contributed by atoms with E-state index in [1.807, 2.05) is 5.32 Å². The molecule has 0 aliphatic rings. The number of nitrogen functional groups attached to an aromatic ring is 1. The second-order valence-corrected chi connectivity index (χ2v) is 4.97. The summed E-state index contributed by atoms with van der Waals surface area (Å²) >= 11 is 0. The molecule has 0 bridgehead atoms. The lowest BCUT2D eigenvalue weighted by molar-refractivity contribution is -0.149. The second kappa shape index (κ2) is 6.73. The van der Waals surface area contributed by atoms with Crippen molar-refractivity contribution in [3.05, 3.63) is 35.9 Å². The Labute approximate surface area is 135 Å². The van der Waals surface area contributed by atoms with E-state index in [0.717, 1.165) is 6.92 Å². The third kappa shape index (κ3) is 4.12. The highest BCUT2D eigenvalue weighted by molar-refractivity contribution is 5.95. The summed E-state index contributed by atoms with van der Waals surface area (Å²) in [7, 11) is 1.41. The van der Waals surface area contributed by atoms with Gasteiger partial charge in [0, 0.05) is 17.2 Å². The Bertz CT molecular complexity index is 750. The number of anilines is 1. The lowest BCUT2D eigenvalue weighted by Gasteiger charge is -2.17. The number of aromatic nitrogens is 2. The molecule has 128 valence electrons. The van der Waals surface area contributed by atoms with Crippen molar-refractivity contribution in [1.82, 2.24) is 15.3 Å². The highest BCUT2D eigenvalue weighted by atomic mass is 19.4. The smallest absolute Gasteiger partial charge is 0.408 e. The Morgan fingerprint density at radius 2 is 2.00 bits per heavy atom. The number of methoxy groups -OCH3 is 1. The number of benzene rings is 1. The van der Waals surface area contributed by atoms with Crippen LogP contribution in [0.4, 0.5) is 19.1 Å². The van der Waals surface area contributed by atoms with Crippen LogP contribution in [0.15, 0.2) is 30.3 Å². The predicted molar refractivity (Wildman–Crippen MR) is 81.4 cm³/mol. The van der Waals surface area contributed by atoms with E-state index in [2.05, 4.69) is 9.97 Å². The third-order valence-corrected chi connectivity index (χ3v) is 3.19. The van der Waals surface area contributed by atoms with Crippen molar-refractivity contribution in [1.29, 1.82) is 0 Å².